The van der Waals surface area contributed by atoms with Crippen LogP contribution in [-0.4, -0.2) is 55.2 Å². The number of nitrogens with one attached hydrogen (secondary N) is 1. The number of sulfonamides is 1. The van der Waals surface area contributed by atoms with Gasteiger partial charge in [0.2, 0.25) is 10.0 Å². The Kier molecular flexibility index (Phi) is 4.24. The van der Waals surface area contributed by atoms with E-state index in [0.29, 0.717) is 38.9 Å². The summed E-state index contributed by atoms with van der Waals surface area (Å²) in [6, 6.07) is 0. The molecule has 0 aromatic carbocycles. The van der Waals surface area contributed by atoms with Crippen LogP contribution in [0.2, 0.25) is 0 Å². The number of carbonyl (C=O) groups is 1. The number of nitrogens with zero attached hydrogens (tertiary/aromatic N) is 1. The summed E-state index contributed by atoms with van der Waals surface area (Å²) in [6.07, 6.45) is 2.42. The van der Waals surface area contributed by atoms with E-state index in [9.17, 15) is 13.2 Å². The first-order valence-corrected chi connectivity index (χ1v) is 7.96. The Balaban J connectivity index is 2.16. The number of hydrogen-bond acceptors (Lipinski definition) is 4. The highest BCUT2D eigenvalue weighted by Crippen LogP contribution is 2.33. The minimum absolute atomic E-state index is 0.450. The second-order valence-electron chi connectivity index (χ2n) is 4.96. The van der Waals surface area contributed by atoms with Crippen molar-refractivity contribution in [3.63, 3.8) is 0 Å². The van der Waals surface area contributed by atoms with Crippen LogP contribution in [0.15, 0.2) is 0 Å². The molecule has 0 aromatic heterocycles. The molecule has 1 saturated carbocycles. The van der Waals surface area contributed by atoms with Gasteiger partial charge in [-0.2, -0.15) is 0 Å². The van der Waals surface area contributed by atoms with Gasteiger partial charge >= 0.3 is 5.97 Å². The van der Waals surface area contributed by atoms with Crippen molar-refractivity contribution >= 4 is 16.0 Å². The quantitative estimate of drug-likeness (QED) is 0.749. The fourth-order valence-electron chi connectivity index (χ4n) is 2.83. The standard InChI is InChI=1S/C11H20N2O4S/c14-11(15)9-3-1-4-10(9)18(16,17)13-7-2-5-12-6-8-13/h9-10,12H,1-8H2,(H,14,15). The molecule has 2 unspecified atom stereocenters. The van der Waals surface area contributed by atoms with Gasteiger partial charge in [-0.15, -0.1) is 0 Å². The molecule has 0 spiro atoms. The van der Waals surface area contributed by atoms with Crippen LogP contribution in [0.5, 0.6) is 0 Å². The lowest BCUT2D eigenvalue weighted by atomic mass is 10.1. The van der Waals surface area contributed by atoms with E-state index in [2.05, 4.69) is 5.32 Å². The second-order valence-corrected chi connectivity index (χ2v) is 7.11. The number of carboxylic acids is 1. The molecule has 0 radical (unpaired) electrons. The van der Waals surface area contributed by atoms with Gasteiger partial charge in [0.1, 0.15) is 0 Å². The maximum absolute atomic E-state index is 12.5. The van der Waals surface area contributed by atoms with Crippen molar-refractivity contribution in [2.24, 2.45) is 5.92 Å². The first-order chi connectivity index (χ1) is 8.53. The summed E-state index contributed by atoms with van der Waals surface area (Å²) in [5.74, 6) is -1.71. The highest BCUT2D eigenvalue weighted by atomic mass is 32.2. The average molecular weight is 276 g/mol. The van der Waals surface area contributed by atoms with Gasteiger partial charge in [-0.1, -0.05) is 6.42 Å². The Morgan fingerprint density at radius 3 is 2.67 bits per heavy atom. The van der Waals surface area contributed by atoms with E-state index in [4.69, 9.17) is 5.11 Å². The Bertz CT molecular complexity index is 401. The van der Waals surface area contributed by atoms with E-state index in [1.165, 1.54) is 4.31 Å². The Morgan fingerprint density at radius 2 is 1.94 bits per heavy atom. The van der Waals surface area contributed by atoms with Gasteiger partial charge in [0.05, 0.1) is 11.2 Å². The summed E-state index contributed by atoms with van der Waals surface area (Å²) in [5.41, 5.74) is 0. The Hall–Kier alpha value is -0.660. The van der Waals surface area contributed by atoms with Crippen molar-refractivity contribution in [1.29, 1.82) is 0 Å². The molecule has 1 aliphatic carbocycles. The highest BCUT2D eigenvalue weighted by molar-refractivity contribution is 7.89. The monoisotopic (exact) mass is 276 g/mol. The van der Waals surface area contributed by atoms with Crippen LogP contribution in [0.3, 0.4) is 0 Å². The summed E-state index contributed by atoms with van der Waals surface area (Å²) in [5, 5.41) is 11.5. The summed E-state index contributed by atoms with van der Waals surface area (Å²) < 4.78 is 26.5. The fraction of sp³-hybridized carbons (Fsp3) is 0.909. The lowest BCUT2D eigenvalue weighted by molar-refractivity contribution is -0.141. The van der Waals surface area contributed by atoms with E-state index >= 15 is 0 Å². The molecule has 2 rings (SSSR count). The smallest absolute Gasteiger partial charge is 0.307 e. The average Bonchev–Trinajstić information content (AvgIpc) is 2.65. The molecule has 1 saturated heterocycles. The van der Waals surface area contributed by atoms with Crippen molar-refractivity contribution < 1.29 is 18.3 Å². The lowest BCUT2D eigenvalue weighted by Gasteiger charge is -2.25. The lowest BCUT2D eigenvalue weighted by Crippen LogP contribution is -2.43. The summed E-state index contributed by atoms with van der Waals surface area (Å²) in [6.45, 7) is 2.41. The predicted molar refractivity (Wildman–Crippen MR) is 66.7 cm³/mol. The molecule has 7 heteroatoms. The van der Waals surface area contributed by atoms with Gasteiger partial charge < -0.3 is 10.4 Å². The third kappa shape index (κ3) is 2.67. The van der Waals surface area contributed by atoms with Gasteiger partial charge in [-0.3, -0.25) is 4.79 Å². The van der Waals surface area contributed by atoms with Crippen LogP contribution >= 0.6 is 0 Å². The van der Waals surface area contributed by atoms with E-state index in [-0.39, 0.29) is 0 Å². The van der Waals surface area contributed by atoms with Crippen molar-refractivity contribution in [3.05, 3.63) is 0 Å². The van der Waals surface area contributed by atoms with Crippen molar-refractivity contribution in [3.8, 4) is 0 Å². The van der Waals surface area contributed by atoms with Crippen LogP contribution < -0.4 is 5.32 Å². The zero-order valence-corrected chi connectivity index (χ0v) is 11.2. The van der Waals surface area contributed by atoms with Crippen molar-refractivity contribution in [2.45, 2.75) is 30.9 Å². The van der Waals surface area contributed by atoms with E-state index in [1.807, 2.05) is 0 Å². The highest BCUT2D eigenvalue weighted by Gasteiger charge is 2.44. The van der Waals surface area contributed by atoms with E-state index in [1.54, 1.807) is 0 Å². The molecule has 18 heavy (non-hydrogen) atoms. The van der Waals surface area contributed by atoms with Crippen LogP contribution in [-0.2, 0) is 14.8 Å². The molecule has 2 aliphatic rings. The summed E-state index contributed by atoms with van der Waals surface area (Å²) in [4.78, 5) is 11.1. The number of hydrogen-bond donors (Lipinski definition) is 2. The van der Waals surface area contributed by atoms with Crippen LogP contribution in [0.25, 0.3) is 0 Å². The second kappa shape index (κ2) is 5.54. The molecule has 2 N–H and O–H groups in total. The zero-order chi connectivity index (χ0) is 13.2. The molecule has 0 amide bonds. The number of aliphatic carboxylic acids is 1. The number of rotatable bonds is 3. The first-order valence-electron chi connectivity index (χ1n) is 6.46. The SMILES string of the molecule is O=C(O)C1CCCC1S(=O)(=O)N1CCCNCC1. The first kappa shape index (κ1) is 13.8. The predicted octanol–water partition coefficient (Wildman–Crippen LogP) is -0.135. The molecule has 0 bridgehead atoms. The molecule has 0 aromatic rings. The van der Waals surface area contributed by atoms with Crippen LogP contribution in [0.4, 0.5) is 0 Å². The van der Waals surface area contributed by atoms with Crippen molar-refractivity contribution in [1.82, 2.24) is 9.62 Å². The molecule has 1 aliphatic heterocycles. The molecule has 2 atom stereocenters. The Morgan fingerprint density at radius 1 is 1.17 bits per heavy atom. The maximum atomic E-state index is 12.5. The third-order valence-corrected chi connectivity index (χ3v) is 6.23. The van der Waals surface area contributed by atoms with Gasteiger partial charge in [0.15, 0.2) is 0 Å². The third-order valence-electron chi connectivity index (χ3n) is 3.81. The topological polar surface area (TPSA) is 86.7 Å². The van der Waals surface area contributed by atoms with Gasteiger partial charge in [-0.25, -0.2) is 12.7 Å². The van der Waals surface area contributed by atoms with Gasteiger partial charge in [0, 0.05) is 19.6 Å². The van der Waals surface area contributed by atoms with Gasteiger partial charge in [-0.05, 0) is 25.8 Å². The van der Waals surface area contributed by atoms with Gasteiger partial charge in [0.25, 0.3) is 0 Å². The minimum atomic E-state index is -3.47. The molecule has 6 nitrogen and oxygen atoms in total. The number of carboxylic acid groups (broad SMARTS) is 1. The minimum Gasteiger partial charge on any atom is -0.481 e. The van der Waals surface area contributed by atoms with Crippen LogP contribution in [0, 0.1) is 5.92 Å². The van der Waals surface area contributed by atoms with E-state index < -0.39 is 27.2 Å². The van der Waals surface area contributed by atoms with E-state index in [0.717, 1.165) is 13.0 Å². The molecular formula is C11H20N2O4S. The summed E-state index contributed by atoms with van der Waals surface area (Å²) in [7, 11) is -3.47. The summed E-state index contributed by atoms with van der Waals surface area (Å²) >= 11 is 0. The largest absolute Gasteiger partial charge is 0.481 e. The molecule has 104 valence electrons. The normalized spacial score (nSPS) is 31.1. The fourth-order valence-corrected chi connectivity index (χ4v) is 5.08. The zero-order valence-electron chi connectivity index (χ0n) is 10.3. The molecular weight excluding hydrogens is 256 g/mol. The Labute approximate surface area is 107 Å². The van der Waals surface area contributed by atoms with Crippen molar-refractivity contribution in [2.75, 3.05) is 26.2 Å². The molecule has 2 fully saturated rings. The maximum Gasteiger partial charge on any atom is 0.307 e. The molecule has 1 heterocycles. The van der Waals surface area contributed by atoms with Crippen LogP contribution in [0.1, 0.15) is 25.7 Å².